The normalized spacial score (nSPS) is 10.8. The van der Waals surface area contributed by atoms with E-state index in [1.807, 2.05) is 0 Å². The number of phenolic OH excluding ortho intramolecular Hbond substituents is 1. The number of carbonyl (C=O) groups is 2. The number of unbranched alkanes of at least 4 members (excludes halogenated alkanes) is 12. The first-order valence-corrected chi connectivity index (χ1v) is 12.3. The second-order valence-corrected chi connectivity index (χ2v) is 8.28. The lowest BCUT2D eigenvalue weighted by atomic mass is 10.1. The molecule has 5 nitrogen and oxygen atoms in total. The molecule has 0 spiro atoms. The Kier molecular flexibility index (Phi) is 15.3. The molecule has 1 aromatic carbocycles. The predicted molar refractivity (Wildman–Crippen MR) is 125 cm³/mol. The van der Waals surface area contributed by atoms with E-state index in [2.05, 4.69) is 13.8 Å². The van der Waals surface area contributed by atoms with Gasteiger partial charge in [-0.2, -0.15) is 0 Å². The van der Waals surface area contributed by atoms with E-state index in [0.717, 1.165) is 38.5 Å². The molecule has 31 heavy (non-hydrogen) atoms. The molecule has 0 aromatic heterocycles. The summed E-state index contributed by atoms with van der Waals surface area (Å²) in [5.41, 5.74) is 0.344. The topological polar surface area (TPSA) is 72.8 Å². The van der Waals surface area contributed by atoms with Crippen LogP contribution in [0.3, 0.4) is 0 Å². The van der Waals surface area contributed by atoms with Crippen LogP contribution in [0.25, 0.3) is 0 Å². The van der Waals surface area contributed by atoms with Crippen molar-refractivity contribution in [2.24, 2.45) is 0 Å². The van der Waals surface area contributed by atoms with Crippen LogP contribution >= 0.6 is 0 Å². The van der Waals surface area contributed by atoms with E-state index >= 15 is 0 Å². The average molecular weight is 435 g/mol. The van der Waals surface area contributed by atoms with Crippen molar-refractivity contribution in [1.82, 2.24) is 0 Å². The van der Waals surface area contributed by atoms with Crippen LogP contribution in [-0.4, -0.2) is 30.3 Å². The smallest absolute Gasteiger partial charge is 0.338 e. The van der Waals surface area contributed by atoms with E-state index in [4.69, 9.17) is 9.47 Å². The fraction of sp³-hybridized carbons (Fsp3) is 0.692. The molecule has 0 saturated carbocycles. The molecule has 176 valence electrons. The maximum absolute atomic E-state index is 12.3. The van der Waals surface area contributed by atoms with Gasteiger partial charge < -0.3 is 14.6 Å². The van der Waals surface area contributed by atoms with Crippen molar-refractivity contribution >= 4 is 11.9 Å². The number of carbonyl (C=O) groups excluding carboxylic acids is 2. The number of ether oxygens (including phenoxy) is 2. The Morgan fingerprint density at radius 1 is 0.613 bits per heavy atom. The number of esters is 2. The van der Waals surface area contributed by atoms with Gasteiger partial charge in [0, 0.05) is 0 Å². The molecule has 0 bridgehead atoms. The molecule has 1 N–H and O–H groups in total. The summed E-state index contributed by atoms with van der Waals surface area (Å²) in [6.45, 7) is 5.09. The monoisotopic (exact) mass is 434 g/mol. The van der Waals surface area contributed by atoms with E-state index in [0.29, 0.717) is 13.2 Å². The summed E-state index contributed by atoms with van der Waals surface area (Å²) >= 11 is 0. The Hall–Kier alpha value is -2.04. The fourth-order valence-corrected chi connectivity index (χ4v) is 3.46. The zero-order valence-electron chi connectivity index (χ0n) is 19.6. The van der Waals surface area contributed by atoms with Crippen LogP contribution in [0.1, 0.15) is 124 Å². The molecule has 1 aromatic rings. The van der Waals surface area contributed by atoms with E-state index in [9.17, 15) is 14.7 Å². The summed E-state index contributed by atoms with van der Waals surface area (Å²) in [5, 5.41) is 9.90. The molecule has 0 fully saturated rings. The minimum absolute atomic E-state index is 0.145. The van der Waals surface area contributed by atoms with Crippen LogP contribution < -0.4 is 0 Å². The Bertz CT molecular complexity index is 576. The maximum atomic E-state index is 12.3. The number of rotatable bonds is 18. The maximum Gasteiger partial charge on any atom is 0.338 e. The van der Waals surface area contributed by atoms with E-state index in [1.54, 1.807) is 0 Å². The van der Waals surface area contributed by atoms with Crippen molar-refractivity contribution < 1.29 is 24.2 Å². The SMILES string of the molecule is CCCCCCCCCOC(=O)c1cc(O)cc(C(=O)OCCCCCCCCC)c1. The molecule has 0 unspecified atom stereocenters. The quantitative estimate of drug-likeness (QED) is 0.195. The van der Waals surface area contributed by atoms with Gasteiger partial charge in [-0.1, -0.05) is 90.9 Å². The van der Waals surface area contributed by atoms with Gasteiger partial charge in [-0.05, 0) is 31.0 Å². The van der Waals surface area contributed by atoms with Gasteiger partial charge in [0.05, 0.1) is 24.3 Å². The molecule has 0 aliphatic heterocycles. The van der Waals surface area contributed by atoms with Gasteiger partial charge in [-0.15, -0.1) is 0 Å². The molecule has 0 heterocycles. The van der Waals surface area contributed by atoms with Gasteiger partial charge in [-0.25, -0.2) is 9.59 Å². The highest BCUT2D eigenvalue weighted by Crippen LogP contribution is 2.18. The van der Waals surface area contributed by atoms with Gasteiger partial charge >= 0.3 is 11.9 Å². The molecular weight excluding hydrogens is 392 g/mol. The zero-order valence-corrected chi connectivity index (χ0v) is 19.6. The molecule has 0 amide bonds. The van der Waals surface area contributed by atoms with Gasteiger partial charge in [0.1, 0.15) is 5.75 Å². The second kappa shape index (κ2) is 17.6. The van der Waals surface area contributed by atoms with Crippen LogP contribution in [-0.2, 0) is 9.47 Å². The first-order valence-electron chi connectivity index (χ1n) is 12.3. The Morgan fingerprint density at radius 2 is 0.968 bits per heavy atom. The first kappa shape index (κ1) is 27.0. The van der Waals surface area contributed by atoms with E-state index in [-0.39, 0.29) is 16.9 Å². The van der Waals surface area contributed by atoms with E-state index in [1.165, 1.54) is 69.6 Å². The number of benzene rings is 1. The lowest BCUT2D eigenvalue weighted by Crippen LogP contribution is -2.10. The zero-order chi connectivity index (χ0) is 22.7. The summed E-state index contributed by atoms with van der Waals surface area (Å²) in [7, 11) is 0. The average Bonchev–Trinajstić information content (AvgIpc) is 2.76. The lowest BCUT2D eigenvalue weighted by Gasteiger charge is -2.09. The third kappa shape index (κ3) is 13.1. The molecule has 0 aliphatic carbocycles. The third-order valence-corrected chi connectivity index (χ3v) is 5.35. The van der Waals surface area contributed by atoms with Gasteiger partial charge in [0.2, 0.25) is 0 Å². The predicted octanol–water partition coefficient (Wildman–Crippen LogP) is 7.21. The standard InChI is InChI=1S/C26H42O5/c1-3-5-7-9-11-13-15-17-30-25(28)22-19-23(21-24(27)20-22)26(29)31-18-16-14-12-10-8-6-4-2/h19-21,27H,3-18H2,1-2H3. The highest BCUT2D eigenvalue weighted by Gasteiger charge is 2.15. The van der Waals surface area contributed by atoms with Crippen LogP contribution in [0, 0.1) is 0 Å². The molecule has 0 saturated heterocycles. The lowest BCUT2D eigenvalue weighted by molar-refractivity contribution is 0.0495. The molecule has 0 atom stereocenters. The number of aromatic hydroxyl groups is 1. The highest BCUT2D eigenvalue weighted by molar-refractivity contribution is 5.96. The summed E-state index contributed by atoms with van der Waals surface area (Å²) in [4.78, 5) is 24.5. The van der Waals surface area contributed by atoms with Crippen molar-refractivity contribution in [2.75, 3.05) is 13.2 Å². The largest absolute Gasteiger partial charge is 0.508 e. The minimum Gasteiger partial charge on any atom is -0.508 e. The summed E-state index contributed by atoms with van der Waals surface area (Å²) in [6, 6.07) is 4.07. The fourth-order valence-electron chi connectivity index (χ4n) is 3.46. The Labute approximate surface area is 188 Å². The number of hydrogen-bond donors (Lipinski definition) is 1. The molecule has 1 rings (SSSR count). The Morgan fingerprint density at radius 3 is 1.35 bits per heavy atom. The highest BCUT2D eigenvalue weighted by atomic mass is 16.5. The van der Waals surface area contributed by atoms with Crippen molar-refractivity contribution in [3.05, 3.63) is 29.3 Å². The van der Waals surface area contributed by atoms with Crippen molar-refractivity contribution in [3.8, 4) is 5.75 Å². The van der Waals surface area contributed by atoms with Crippen LogP contribution in [0.5, 0.6) is 5.75 Å². The van der Waals surface area contributed by atoms with Crippen LogP contribution in [0.2, 0.25) is 0 Å². The summed E-state index contributed by atoms with van der Waals surface area (Å²) < 4.78 is 10.6. The van der Waals surface area contributed by atoms with Crippen LogP contribution in [0.4, 0.5) is 0 Å². The number of phenols is 1. The van der Waals surface area contributed by atoms with Crippen molar-refractivity contribution in [3.63, 3.8) is 0 Å². The molecule has 0 aliphatic rings. The van der Waals surface area contributed by atoms with Gasteiger partial charge in [-0.3, -0.25) is 0 Å². The van der Waals surface area contributed by atoms with Crippen molar-refractivity contribution in [2.45, 2.75) is 104 Å². The van der Waals surface area contributed by atoms with E-state index < -0.39 is 11.9 Å². The van der Waals surface area contributed by atoms with Gasteiger partial charge in [0.25, 0.3) is 0 Å². The molecule has 0 radical (unpaired) electrons. The Balaban J connectivity index is 2.32. The first-order chi connectivity index (χ1) is 15.1. The third-order valence-electron chi connectivity index (χ3n) is 5.35. The number of hydrogen-bond acceptors (Lipinski definition) is 5. The van der Waals surface area contributed by atoms with Crippen LogP contribution in [0.15, 0.2) is 18.2 Å². The summed E-state index contributed by atoms with van der Waals surface area (Å²) in [6.07, 6.45) is 16.0. The van der Waals surface area contributed by atoms with Crippen molar-refractivity contribution in [1.29, 1.82) is 0 Å². The summed E-state index contributed by atoms with van der Waals surface area (Å²) in [5.74, 6) is -1.20. The second-order valence-electron chi connectivity index (χ2n) is 8.28. The minimum atomic E-state index is -0.525. The van der Waals surface area contributed by atoms with Gasteiger partial charge in [0.15, 0.2) is 0 Å². The molecular formula is C26H42O5. The molecule has 5 heteroatoms.